The predicted octanol–water partition coefficient (Wildman–Crippen LogP) is 2.11. The third-order valence-electron chi connectivity index (χ3n) is 3.46. The van der Waals surface area contributed by atoms with Crippen molar-refractivity contribution in [2.24, 2.45) is 0 Å². The lowest BCUT2D eigenvalue weighted by Gasteiger charge is -2.26. The van der Waals surface area contributed by atoms with Gasteiger partial charge in [0.05, 0.1) is 0 Å². The lowest BCUT2D eigenvalue weighted by molar-refractivity contribution is -0.123. The topological polar surface area (TPSA) is 77.1 Å². The fourth-order valence-electron chi connectivity index (χ4n) is 2.00. The standard InChI is InChI=1S/C16H19N3O2/c1-11-5-4-10-19(14(11)20)16(2,3)15(21)18-13-8-6-12(17)7-9-13/h4-10H,17H2,1-3H3,(H,18,21). The second-order valence-electron chi connectivity index (χ2n) is 5.50. The van der Waals surface area contributed by atoms with Crippen LogP contribution in [0, 0.1) is 6.92 Å². The van der Waals surface area contributed by atoms with E-state index >= 15 is 0 Å². The van der Waals surface area contributed by atoms with Gasteiger partial charge in [-0.3, -0.25) is 9.59 Å². The third kappa shape index (κ3) is 2.97. The average molecular weight is 285 g/mol. The number of rotatable bonds is 3. The first kappa shape index (κ1) is 14.8. The molecule has 0 radical (unpaired) electrons. The molecule has 0 bridgehead atoms. The van der Waals surface area contributed by atoms with Crippen molar-refractivity contribution in [2.45, 2.75) is 26.3 Å². The molecule has 0 aliphatic carbocycles. The minimum absolute atomic E-state index is 0.171. The summed E-state index contributed by atoms with van der Waals surface area (Å²) in [6.07, 6.45) is 1.62. The van der Waals surface area contributed by atoms with Gasteiger partial charge in [-0.15, -0.1) is 0 Å². The van der Waals surface area contributed by atoms with Gasteiger partial charge >= 0.3 is 0 Å². The van der Waals surface area contributed by atoms with Gasteiger partial charge in [-0.05, 0) is 51.1 Å². The van der Waals surface area contributed by atoms with Crippen molar-refractivity contribution in [2.75, 3.05) is 11.1 Å². The van der Waals surface area contributed by atoms with Crippen LogP contribution in [0.3, 0.4) is 0 Å². The zero-order valence-electron chi connectivity index (χ0n) is 12.4. The van der Waals surface area contributed by atoms with Crippen LogP contribution >= 0.6 is 0 Å². The monoisotopic (exact) mass is 285 g/mol. The first-order valence-corrected chi connectivity index (χ1v) is 6.68. The minimum atomic E-state index is -0.996. The molecule has 21 heavy (non-hydrogen) atoms. The highest BCUT2D eigenvalue weighted by Gasteiger charge is 2.30. The van der Waals surface area contributed by atoms with Crippen LogP contribution in [0.15, 0.2) is 47.4 Å². The van der Waals surface area contributed by atoms with Crippen LogP contribution < -0.4 is 16.6 Å². The molecule has 2 rings (SSSR count). The molecule has 0 atom stereocenters. The molecule has 1 aromatic heterocycles. The number of aromatic nitrogens is 1. The first-order chi connectivity index (χ1) is 9.82. The number of nitrogen functional groups attached to an aromatic ring is 1. The van der Waals surface area contributed by atoms with Crippen LogP contribution in [0.5, 0.6) is 0 Å². The zero-order chi connectivity index (χ0) is 15.6. The van der Waals surface area contributed by atoms with Crippen molar-refractivity contribution < 1.29 is 4.79 Å². The summed E-state index contributed by atoms with van der Waals surface area (Å²) in [6.45, 7) is 5.15. The highest BCUT2D eigenvalue weighted by molar-refractivity contribution is 5.96. The number of benzene rings is 1. The van der Waals surface area contributed by atoms with Gasteiger partial charge in [-0.25, -0.2) is 0 Å². The van der Waals surface area contributed by atoms with Crippen LogP contribution in [-0.2, 0) is 10.3 Å². The fourth-order valence-corrected chi connectivity index (χ4v) is 2.00. The number of amides is 1. The van der Waals surface area contributed by atoms with E-state index < -0.39 is 5.54 Å². The summed E-state index contributed by atoms with van der Waals surface area (Å²) in [5.74, 6) is -0.264. The van der Waals surface area contributed by atoms with Crippen molar-refractivity contribution in [1.29, 1.82) is 0 Å². The molecule has 110 valence electrons. The number of anilines is 2. The van der Waals surface area contributed by atoms with Crippen LogP contribution in [0.25, 0.3) is 0 Å². The van der Waals surface area contributed by atoms with Crippen molar-refractivity contribution in [3.8, 4) is 0 Å². The number of nitrogens with zero attached hydrogens (tertiary/aromatic N) is 1. The maximum Gasteiger partial charge on any atom is 0.254 e. The Bertz CT molecular complexity index is 715. The number of aryl methyl sites for hydroxylation is 1. The summed E-state index contributed by atoms with van der Waals surface area (Å²) in [4.78, 5) is 24.7. The molecule has 1 heterocycles. The quantitative estimate of drug-likeness (QED) is 0.848. The van der Waals surface area contributed by atoms with E-state index in [1.807, 2.05) is 0 Å². The molecule has 0 saturated heterocycles. The van der Waals surface area contributed by atoms with E-state index in [1.54, 1.807) is 63.4 Å². The van der Waals surface area contributed by atoms with Gasteiger partial charge in [-0.2, -0.15) is 0 Å². The molecule has 0 unspecified atom stereocenters. The molecule has 5 heteroatoms. The van der Waals surface area contributed by atoms with Crippen molar-refractivity contribution >= 4 is 17.3 Å². The molecular formula is C16H19N3O2. The van der Waals surface area contributed by atoms with Gasteiger partial charge in [0.25, 0.3) is 5.56 Å². The van der Waals surface area contributed by atoms with Gasteiger partial charge in [0, 0.05) is 23.1 Å². The Morgan fingerprint density at radius 3 is 2.43 bits per heavy atom. The lowest BCUT2D eigenvalue weighted by Crippen LogP contribution is -2.45. The van der Waals surface area contributed by atoms with E-state index in [9.17, 15) is 9.59 Å². The van der Waals surface area contributed by atoms with E-state index in [0.717, 1.165) is 0 Å². The number of pyridine rings is 1. The summed E-state index contributed by atoms with van der Waals surface area (Å²) < 4.78 is 1.44. The molecule has 0 aliphatic heterocycles. The number of hydrogen-bond donors (Lipinski definition) is 2. The predicted molar refractivity (Wildman–Crippen MR) is 84.2 cm³/mol. The summed E-state index contributed by atoms with van der Waals surface area (Å²) in [6, 6.07) is 10.4. The van der Waals surface area contributed by atoms with E-state index in [4.69, 9.17) is 5.73 Å². The third-order valence-corrected chi connectivity index (χ3v) is 3.46. The Morgan fingerprint density at radius 2 is 1.81 bits per heavy atom. The number of carbonyl (C=O) groups excluding carboxylic acids is 1. The molecule has 0 saturated carbocycles. The second-order valence-corrected chi connectivity index (χ2v) is 5.50. The van der Waals surface area contributed by atoms with Crippen molar-refractivity contribution in [3.05, 3.63) is 58.5 Å². The smallest absolute Gasteiger partial charge is 0.254 e. The fraction of sp³-hybridized carbons (Fsp3) is 0.250. The molecule has 1 aromatic carbocycles. The molecule has 3 N–H and O–H groups in total. The Balaban J connectivity index is 2.30. The van der Waals surface area contributed by atoms with Crippen LogP contribution in [0.4, 0.5) is 11.4 Å². The molecule has 5 nitrogen and oxygen atoms in total. The Labute approximate surface area is 123 Å². The second kappa shape index (κ2) is 5.44. The minimum Gasteiger partial charge on any atom is -0.399 e. The number of nitrogens with two attached hydrogens (primary N) is 1. The van der Waals surface area contributed by atoms with Crippen molar-refractivity contribution in [3.63, 3.8) is 0 Å². The maximum absolute atomic E-state index is 12.5. The van der Waals surface area contributed by atoms with E-state index in [1.165, 1.54) is 4.57 Å². The van der Waals surface area contributed by atoms with Gasteiger partial charge in [-0.1, -0.05) is 6.07 Å². The maximum atomic E-state index is 12.5. The normalized spacial score (nSPS) is 11.2. The molecule has 0 aliphatic rings. The van der Waals surface area contributed by atoms with Crippen LogP contribution in [0.1, 0.15) is 19.4 Å². The molecular weight excluding hydrogens is 266 g/mol. The Kier molecular flexibility index (Phi) is 3.84. The lowest BCUT2D eigenvalue weighted by atomic mass is 10.0. The molecule has 0 spiro atoms. The van der Waals surface area contributed by atoms with Gasteiger partial charge in [0.2, 0.25) is 5.91 Å². The largest absolute Gasteiger partial charge is 0.399 e. The average Bonchev–Trinajstić information content (AvgIpc) is 2.44. The van der Waals surface area contributed by atoms with Crippen LogP contribution in [0.2, 0.25) is 0 Å². The highest BCUT2D eigenvalue weighted by Crippen LogP contribution is 2.18. The van der Waals surface area contributed by atoms with Gasteiger partial charge < -0.3 is 15.6 Å². The number of carbonyl (C=O) groups is 1. The van der Waals surface area contributed by atoms with E-state index in [-0.39, 0.29) is 11.5 Å². The van der Waals surface area contributed by atoms with E-state index in [2.05, 4.69) is 5.32 Å². The summed E-state index contributed by atoms with van der Waals surface area (Å²) in [7, 11) is 0. The summed E-state index contributed by atoms with van der Waals surface area (Å²) in [5, 5.41) is 2.80. The molecule has 0 fully saturated rings. The molecule has 1 amide bonds. The Hall–Kier alpha value is -2.56. The van der Waals surface area contributed by atoms with Gasteiger partial charge in [0.1, 0.15) is 5.54 Å². The summed E-state index contributed by atoms with van der Waals surface area (Å²) in [5.41, 5.74) is 6.32. The zero-order valence-corrected chi connectivity index (χ0v) is 12.4. The number of hydrogen-bond acceptors (Lipinski definition) is 3. The Morgan fingerprint density at radius 1 is 1.19 bits per heavy atom. The molecule has 2 aromatic rings. The van der Waals surface area contributed by atoms with Gasteiger partial charge in [0.15, 0.2) is 0 Å². The highest BCUT2D eigenvalue weighted by atomic mass is 16.2. The van der Waals surface area contributed by atoms with Crippen LogP contribution in [-0.4, -0.2) is 10.5 Å². The number of nitrogens with one attached hydrogen (secondary N) is 1. The summed E-state index contributed by atoms with van der Waals surface area (Å²) >= 11 is 0. The van der Waals surface area contributed by atoms with Crippen molar-refractivity contribution in [1.82, 2.24) is 4.57 Å². The first-order valence-electron chi connectivity index (χ1n) is 6.68. The van der Waals surface area contributed by atoms with E-state index in [0.29, 0.717) is 16.9 Å². The SMILES string of the molecule is Cc1cccn(C(C)(C)C(=O)Nc2ccc(N)cc2)c1=O.